The van der Waals surface area contributed by atoms with Gasteiger partial charge in [0.05, 0.1) is 11.8 Å². The fraction of sp³-hybridized carbons (Fsp3) is 0.182. The van der Waals surface area contributed by atoms with Gasteiger partial charge in [0.15, 0.2) is 0 Å². The topological polar surface area (TPSA) is 59.8 Å². The lowest BCUT2D eigenvalue weighted by atomic mass is 10.2. The van der Waals surface area contributed by atoms with Gasteiger partial charge in [-0.05, 0) is 12.1 Å². The number of pyridine rings is 1. The molecular formula is C11H11FN4O. The van der Waals surface area contributed by atoms with E-state index in [4.69, 9.17) is 0 Å². The van der Waals surface area contributed by atoms with Crippen LogP contribution >= 0.6 is 0 Å². The third-order valence-corrected chi connectivity index (χ3v) is 2.20. The lowest BCUT2D eigenvalue weighted by Crippen LogP contribution is -2.22. The molecule has 2 aromatic heterocycles. The maximum atomic E-state index is 12.5. The summed E-state index contributed by atoms with van der Waals surface area (Å²) in [4.78, 5) is 15.1. The maximum Gasteiger partial charge on any atom is 0.253 e. The van der Waals surface area contributed by atoms with Gasteiger partial charge >= 0.3 is 0 Å². The summed E-state index contributed by atoms with van der Waals surface area (Å²) in [5.41, 5.74) is 1.23. The molecule has 0 aliphatic carbocycles. The summed E-state index contributed by atoms with van der Waals surface area (Å²) in [6.45, 7) is 0.379. The Morgan fingerprint density at radius 3 is 2.88 bits per heavy atom. The minimum Gasteiger partial charge on any atom is -0.348 e. The molecule has 88 valence electrons. The third-order valence-electron chi connectivity index (χ3n) is 2.20. The highest BCUT2D eigenvalue weighted by atomic mass is 19.1. The number of carbonyl (C=O) groups is 1. The monoisotopic (exact) mass is 234 g/mol. The number of aromatic nitrogens is 3. The van der Waals surface area contributed by atoms with Gasteiger partial charge in [0.1, 0.15) is 0 Å². The van der Waals surface area contributed by atoms with Gasteiger partial charge < -0.3 is 5.32 Å². The van der Waals surface area contributed by atoms with Crippen LogP contribution in [0.25, 0.3) is 0 Å². The van der Waals surface area contributed by atoms with Crippen LogP contribution in [0.5, 0.6) is 0 Å². The molecule has 17 heavy (non-hydrogen) atoms. The van der Waals surface area contributed by atoms with Crippen LogP contribution in [0, 0.1) is 5.95 Å². The molecule has 0 saturated carbocycles. The first-order valence-corrected chi connectivity index (χ1v) is 5.02. The predicted molar refractivity (Wildman–Crippen MR) is 58.6 cm³/mol. The van der Waals surface area contributed by atoms with Crippen molar-refractivity contribution >= 4 is 5.91 Å². The van der Waals surface area contributed by atoms with E-state index in [1.165, 1.54) is 12.3 Å². The van der Waals surface area contributed by atoms with Gasteiger partial charge in [-0.25, -0.2) is 4.98 Å². The Kier molecular flexibility index (Phi) is 3.13. The van der Waals surface area contributed by atoms with Gasteiger partial charge in [0.2, 0.25) is 5.95 Å². The third kappa shape index (κ3) is 2.87. The van der Waals surface area contributed by atoms with E-state index in [2.05, 4.69) is 15.4 Å². The minimum absolute atomic E-state index is 0.290. The van der Waals surface area contributed by atoms with Crippen molar-refractivity contribution < 1.29 is 9.18 Å². The molecule has 5 nitrogen and oxygen atoms in total. The summed E-state index contributed by atoms with van der Waals surface area (Å²) in [7, 11) is 1.80. The van der Waals surface area contributed by atoms with E-state index in [0.29, 0.717) is 12.1 Å². The summed E-state index contributed by atoms with van der Waals surface area (Å²) >= 11 is 0. The van der Waals surface area contributed by atoms with E-state index in [0.717, 1.165) is 11.6 Å². The molecule has 0 atom stereocenters. The molecule has 0 unspecified atom stereocenters. The largest absolute Gasteiger partial charge is 0.348 e. The average molecular weight is 234 g/mol. The number of halogens is 1. The van der Waals surface area contributed by atoms with E-state index in [9.17, 15) is 9.18 Å². The Bertz CT molecular complexity index is 521. The van der Waals surface area contributed by atoms with Crippen molar-refractivity contribution in [2.45, 2.75) is 6.54 Å². The van der Waals surface area contributed by atoms with E-state index < -0.39 is 5.95 Å². The zero-order valence-electron chi connectivity index (χ0n) is 9.22. The van der Waals surface area contributed by atoms with Crippen LogP contribution in [-0.2, 0) is 13.6 Å². The normalized spacial score (nSPS) is 10.2. The molecular weight excluding hydrogens is 223 g/mol. The van der Waals surface area contributed by atoms with Gasteiger partial charge in [-0.2, -0.15) is 9.49 Å². The van der Waals surface area contributed by atoms with Crippen molar-refractivity contribution in [1.29, 1.82) is 0 Å². The Hall–Kier alpha value is -2.24. The first-order valence-electron chi connectivity index (χ1n) is 5.02. The molecule has 2 aromatic rings. The van der Waals surface area contributed by atoms with Crippen LogP contribution in [0.3, 0.4) is 0 Å². The van der Waals surface area contributed by atoms with E-state index in [1.54, 1.807) is 17.9 Å². The molecule has 0 radical (unpaired) electrons. The summed E-state index contributed by atoms with van der Waals surface area (Å²) in [6.07, 6.45) is 4.68. The van der Waals surface area contributed by atoms with Crippen molar-refractivity contribution in [3.05, 3.63) is 47.8 Å². The first kappa shape index (κ1) is 11.3. The Morgan fingerprint density at radius 1 is 1.47 bits per heavy atom. The summed E-state index contributed by atoms with van der Waals surface area (Å²) in [5.74, 6) is -0.893. The maximum absolute atomic E-state index is 12.5. The standard InChI is InChI=1S/C11H11FN4O/c1-16-7-8(5-15-16)4-14-11(17)9-2-3-10(12)13-6-9/h2-3,5-7H,4H2,1H3,(H,14,17). The molecule has 0 aliphatic heterocycles. The Morgan fingerprint density at radius 2 is 2.29 bits per heavy atom. The molecule has 0 saturated heterocycles. The fourth-order valence-electron chi connectivity index (χ4n) is 1.36. The van der Waals surface area contributed by atoms with E-state index in [1.807, 2.05) is 6.20 Å². The highest BCUT2D eigenvalue weighted by Gasteiger charge is 2.06. The van der Waals surface area contributed by atoms with Crippen LogP contribution in [0.2, 0.25) is 0 Å². The van der Waals surface area contributed by atoms with Crippen molar-refractivity contribution in [1.82, 2.24) is 20.1 Å². The number of nitrogens with one attached hydrogen (secondary N) is 1. The van der Waals surface area contributed by atoms with Gasteiger partial charge in [0, 0.05) is 31.5 Å². The number of nitrogens with zero attached hydrogens (tertiary/aromatic N) is 3. The number of amides is 1. The second kappa shape index (κ2) is 4.73. The highest BCUT2D eigenvalue weighted by molar-refractivity contribution is 5.93. The van der Waals surface area contributed by atoms with E-state index >= 15 is 0 Å². The number of carbonyl (C=O) groups excluding carboxylic acids is 1. The van der Waals surface area contributed by atoms with Gasteiger partial charge in [0.25, 0.3) is 5.91 Å². The SMILES string of the molecule is Cn1cc(CNC(=O)c2ccc(F)nc2)cn1. The minimum atomic E-state index is -0.603. The second-order valence-corrected chi connectivity index (χ2v) is 3.57. The Labute approximate surface area is 97.3 Å². The lowest BCUT2D eigenvalue weighted by molar-refractivity contribution is 0.0950. The number of aryl methyl sites for hydroxylation is 1. The molecule has 1 amide bonds. The summed E-state index contributed by atoms with van der Waals surface area (Å²) in [5, 5.41) is 6.68. The molecule has 6 heteroatoms. The van der Waals surface area contributed by atoms with Crippen molar-refractivity contribution in [2.75, 3.05) is 0 Å². The lowest BCUT2D eigenvalue weighted by Gasteiger charge is -2.02. The first-order chi connectivity index (χ1) is 8.15. The highest BCUT2D eigenvalue weighted by Crippen LogP contribution is 2.00. The molecule has 0 aromatic carbocycles. The second-order valence-electron chi connectivity index (χ2n) is 3.57. The van der Waals surface area contributed by atoms with Gasteiger partial charge in [-0.3, -0.25) is 9.48 Å². The van der Waals surface area contributed by atoms with Crippen molar-refractivity contribution in [3.8, 4) is 0 Å². The summed E-state index contributed by atoms with van der Waals surface area (Å²) in [6, 6.07) is 2.54. The number of hydrogen-bond acceptors (Lipinski definition) is 3. The number of rotatable bonds is 3. The molecule has 0 bridgehead atoms. The van der Waals surface area contributed by atoms with Crippen molar-refractivity contribution in [3.63, 3.8) is 0 Å². The smallest absolute Gasteiger partial charge is 0.253 e. The quantitative estimate of drug-likeness (QED) is 0.802. The molecule has 0 aliphatic rings. The van der Waals surface area contributed by atoms with Crippen LogP contribution < -0.4 is 5.32 Å². The van der Waals surface area contributed by atoms with E-state index in [-0.39, 0.29) is 5.91 Å². The predicted octanol–water partition coefficient (Wildman–Crippen LogP) is 0.884. The zero-order valence-corrected chi connectivity index (χ0v) is 9.22. The number of hydrogen-bond donors (Lipinski definition) is 1. The van der Waals surface area contributed by atoms with Crippen LogP contribution in [0.4, 0.5) is 4.39 Å². The summed E-state index contributed by atoms with van der Waals surface area (Å²) < 4.78 is 14.2. The molecule has 0 spiro atoms. The molecule has 1 N–H and O–H groups in total. The fourth-order valence-corrected chi connectivity index (χ4v) is 1.36. The van der Waals surface area contributed by atoms with Gasteiger partial charge in [-0.1, -0.05) is 0 Å². The average Bonchev–Trinajstić information content (AvgIpc) is 2.73. The van der Waals surface area contributed by atoms with Crippen LogP contribution in [-0.4, -0.2) is 20.7 Å². The van der Waals surface area contributed by atoms with Crippen molar-refractivity contribution in [2.24, 2.45) is 7.05 Å². The molecule has 2 rings (SSSR count). The molecule has 2 heterocycles. The van der Waals surface area contributed by atoms with Crippen LogP contribution in [0.1, 0.15) is 15.9 Å². The molecule has 0 fully saturated rings. The zero-order chi connectivity index (χ0) is 12.3. The van der Waals surface area contributed by atoms with Crippen LogP contribution in [0.15, 0.2) is 30.7 Å². The van der Waals surface area contributed by atoms with Gasteiger partial charge in [-0.15, -0.1) is 0 Å². The Balaban J connectivity index is 1.95.